The van der Waals surface area contributed by atoms with Crippen LogP contribution in [0.5, 0.6) is 0 Å². The third-order valence-corrected chi connectivity index (χ3v) is 4.52. The molecule has 4 rings (SSSR count). The van der Waals surface area contributed by atoms with Crippen molar-refractivity contribution in [3.05, 3.63) is 75.4 Å². The Morgan fingerprint density at radius 3 is 2.86 bits per heavy atom. The number of non-ortho nitro benzene ring substituents is 1. The fourth-order valence-electron chi connectivity index (χ4n) is 3.14. The SMILES string of the molecule is O=C(CCCn1c(=O)oc2cc([N+](=O)[O-])ccc21)Nc1cnc2ccccc2c1. The van der Waals surface area contributed by atoms with E-state index in [-0.39, 0.29) is 30.1 Å². The number of fused-ring (bicyclic) bond motifs is 2. The second kappa shape index (κ2) is 7.55. The Bertz CT molecular complexity index is 1290. The van der Waals surface area contributed by atoms with Gasteiger partial charge in [-0.2, -0.15) is 0 Å². The number of para-hydroxylation sites is 1. The first-order chi connectivity index (χ1) is 14.0. The summed E-state index contributed by atoms with van der Waals surface area (Å²) in [7, 11) is 0. The number of carbonyl (C=O) groups is 1. The van der Waals surface area contributed by atoms with Gasteiger partial charge in [-0.05, 0) is 24.6 Å². The van der Waals surface area contributed by atoms with E-state index < -0.39 is 10.7 Å². The van der Waals surface area contributed by atoms with Crippen LogP contribution in [0, 0.1) is 10.1 Å². The average Bonchev–Trinajstić information content (AvgIpc) is 3.02. The molecule has 0 saturated carbocycles. The molecule has 9 nitrogen and oxygen atoms in total. The fourth-order valence-corrected chi connectivity index (χ4v) is 3.14. The number of nitrogens with one attached hydrogen (secondary N) is 1. The third kappa shape index (κ3) is 3.84. The Morgan fingerprint density at radius 1 is 1.21 bits per heavy atom. The molecule has 0 bridgehead atoms. The standard InChI is InChI=1S/C20H16N4O5/c25-19(22-14-10-13-4-1-2-5-16(13)21-12-14)6-3-9-23-17-8-7-15(24(27)28)11-18(17)29-20(23)26/h1-2,4-5,7-8,10-12H,3,6,9H2,(H,22,25). The van der Waals surface area contributed by atoms with E-state index >= 15 is 0 Å². The van der Waals surface area contributed by atoms with Gasteiger partial charge in [0.2, 0.25) is 5.91 Å². The molecule has 0 saturated heterocycles. The molecule has 0 spiro atoms. The van der Waals surface area contributed by atoms with Crippen LogP contribution in [0.1, 0.15) is 12.8 Å². The minimum Gasteiger partial charge on any atom is -0.407 e. The van der Waals surface area contributed by atoms with Crippen LogP contribution < -0.4 is 11.1 Å². The van der Waals surface area contributed by atoms with Gasteiger partial charge in [-0.1, -0.05) is 18.2 Å². The number of hydrogen-bond acceptors (Lipinski definition) is 6. The zero-order valence-electron chi connectivity index (χ0n) is 15.2. The second-order valence-corrected chi connectivity index (χ2v) is 6.50. The number of nitro groups is 1. The summed E-state index contributed by atoms with van der Waals surface area (Å²) in [4.78, 5) is 38.8. The average molecular weight is 392 g/mol. The van der Waals surface area contributed by atoms with Gasteiger partial charge in [-0.15, -0.1) is 0 Å². The molecule has 0 aliphatic carbocycles. The predicted molar refractivity (Wildman–Crippen MR) is 107 cm³/mol. The van der Waals surface area contributed by atoms with Crippen molar-refractivity contribution >= 4 is 39.3 Å². The van der Waals surface area contributed by atoms with Crippen molar-refractivity contribution in [3.8, 4) is 0 Å². The summed E-state index contributed by atoms with van der Waals surface area (Å²) >= 11 is 0. The van der Waals surface area contributed by atoms with Gasteiger partial charge in [0.1, 0.15) is 0 Å². The van der Waals surface area contributed by atoms with Crippen molar-refractivity contribution in [1.29, 1.82) is 0 Å². The van der Waals surface area contributed by atoms with Crippen molar-refractivity contribution < 1.29 is 14.1 Å². The number of benzene rings is 2. The Labute approximate surface area is 163 Å². The number of nitrogens with zero attached hydrogens (tertiary/aromatic N) is 3. The number of carbonyl (C=O) groups excluding carboxylic acids is 1. The Balaban J connectivity index is 1.40. The number of hydrogen-bond donors (Lipinski definition) is 1. The molecule has 0 aliphatic rings. The number of pyridine rings is 1. The fraction of sp³-hybridized carbons (Fsp3) is 0.150. The van der Waals surface area contributed by atoms with Crippen molar-refractivity contribution in [2.24, 2.45) is 0 Å². The summed E-state index contributed by atoms with van der Waals surface area (Å²) in [5, 5.41) is 14.6. The predicted octanol–water partition coefficient (Wildman–Crippen LogP) is 3.47. The van der Waals surface area contributed by atoms with E-state index in [0.29, 0.717) is 17.6 Å². The highest BCUT2D eigenvalue weighted by Crippen LogP contribution is 2.20. The molecule has 0 atom stereocenters. The molecule has 0 unspecified atom stereocenters. The van der Waals surface area contributed by atoms with Gasteiger partial charge in [0.15, 0.2) is 5.58 Å². The van der Waals surface area contributed by atoms with Gasteiger partial charge < -0.3 is 9.73 Å². The highest BCUT2D eigenvalue weighted by molar-refractivity contribution is 5.93. The smallest absolute Gasteiger partial charge is 0.407 e. The number of aromatic nitrogens is 2. The van der Waals surface area contributed by atoms with Crippen LogP contribution >= 0.6 is 0 Å². The number of amides is 1. The van der Waals surface area contributed by atoms with E-state index in [1.165, 1.54) is 22.8 Å². The lowest BCUT2D eigenvalue weighted by molar-refractivity contribution is -0.384. The zero-order chi connectivity index (χ0) is 20.4. The number of aryl methyl sites for hydroxylation is 1. The molecule has 146 valence electrons. The van der Waals surface area contributed by atoms with Gasteiger partial charge in [0, 0.05) is 24.4 Å². The normalized spacial score (nSPS) is 11.0. The van der Waals surface area contributed by atoms with E-state index in [9.17, 15) is 19.7 Å². The lowest BCUT2D eigenvalue weighted by atomic mass is 10.2. The molecule has 0 fully saturated rings. The van der Waals surface area contributed by atoms with Gasteiger partial charge >= 0.3 is 5.76 Å². The monoisotopic (exact) mass is 392 g/mol. The molecule has 2 aromatic carbocycles. The molecule has 9 heteroatoms. The van der Waals surface area contributed by atoms with Crippen LogP contribution in [0.25, 0.3) is 22.0 Å². The van der Waals surface area contributed by atoms with Crippen LogP contribution in [0.2, 0.25) is 0 Å². The minimum absolute atomic E-state index is 0.149. The number of oxazole rings is 1. The molecule has 1 amide bonds. The maximum atomic E-state index is 12.2. The lowest BCUT2D eigenvalue weighted by Gasteiger charge is -2.06. The Morgan fingerprint density at radius 2 is 2.03 bits per heavy atom. The first-order valence-electron chi connectivity index (χ1n) is 8.94. The number of anilines is 1. The van der Waals surface area contributed by atoms with Crippen LogP contribution in [0.15, 0.2) is 63.9 Å². The molecule has 2 aromatic heterocycles. The van der Waals surface area contributed by atoms with Crippen LogP contribution in [0.4, 0.5) is 11.4 Å². The summed E-state index contributed by atoms with van der Waals surface area (Å²) in [6, 6.07) is 13.5. The van der Waals surface area contributed by atoms with Gasteiger partial charge in [0.05, 0.1) is 33.9 Å². The van der Waals surface area contributed by atoms with Gasteiger partial charge in [0.25, 0.3) is 5.69 Å². The third-order valence-electron chi connectivity index (χ3n) is 4.52. The van der Waals surface area contributed by atoms with Crippen LogP contribution in [0.3, 0.4) is 0 Å². The first kappa shape index (κ1) is 18.4. The van der Waals surface area contributed by atoms with E-state index in [2.05, 4.69) is 10.3 Å². The second-order valence-electron chi connectivity index (χ2n) is 6.50. The molecule has 0 aliphatic heterocycles. The number of rotatable bonds is 6. The maximum absolute atomic E-state index is 12.2. The van der Waals surface area contributed by atoms with Crippen molar-refractivity contribution in [1.82, 2.24) is 9.55 Å². The van der Waals surface area contributed by atoms with Crippen molar-refractivity contribution in [2.45, 2.75) is 19.4 Å². The summed E-state index contributed by atoms with van der Waals surface area (Å²) in [5.74, 6) is -0.807. The molecule has 4 aromatic rings. The van der Waals surface area contributed by atoms with Gasteiger partial charge in [-0.3, -0.25) is 24.5 Å². The largest absolute Gasteiger partial charge is 0.419 e. The number of nitro benzene ring substituents is 1. The Hall–Kier alpha value is -4.01. The van der Waals surface area contributed by atoms with Crippen LogP contribution in [-0.2, 0) is 11.3 Å². The highest BCUT2D eigenvalue weighted by atomic mass is 16.6. The van der Waals surface area contributed by atoms with E-state index in [1.54, 1.807) is 6.20 Å². The maximum Gasteiger partial charge on any atom is 0.419 e. The van der Waals surface area contributed by atoms with E-state index in [1.807, 2.05) is 30.3 Å². The zero-order valence-corrected chi connectivity index (χ0v) is 15.2. The molecular weight excluding hydrogens is 376 g/mol. The Kier molecular flexibility index (Phi) is 4.78. The summed E-state index contributed by atoms with van der Waals surface area (Å²) in [6.07, 6.45) is 2.19. The summed E-state index contributed by atoms with van der Waals surface area (Å²) in [5.41, 5.74) is 1.90. The molecular formula is C20H16N4O5. The molecule has 2 heterocycles. The first-order valence-corrected chi connectivity index (χ1v) is 8.94. The topological polar surface area (TPSA) is 120 Å². The summed E-state index contributed by atoms with van der Waals surface area (Å²) in [6.45, 7) is 0.257. The minimum atomic E-state index is -0.611. The van der Waals surface area contributed by atoms with E-state index in [0.717, 1.165) is 10.9 Å². The lowest BCUT2D eigenvalue weighted by Crippen LogP contribution is -2.17. The highest BCUT2D eigenvalue weighted by Gasteiger charge is 2.14. The quantitative estimate of drug-likeness (QED) is 0.396. The van der Waals surface area contributed by atoms with E-state index in [4.69, 9.17) is 4.42 Å². The van der Waals surface area contributed by atoms with Crippen molar-refractivity contribution in [3.63, 3.8) is 0 Å². The summed E-state index contributed by atoms with van der Waals surface area (Å²) < 4.78 is 6.44. The van der Waals surface area contributed by atoms with Gasteiger partial charge in [-0.25, -0.2) is 4.79 Å². The molecule has 0 radical (unpaired) electrons. The van der Waals surface area contributed by atoms with Crippen molar-refractivity contribution in [2.75, 3.05) is 5.32 Å². The van der Waals surface area contributed by atoms with Crippen LogP contribution in [-0.4, -0.2) is 20.4 Å². The molecule has 29 heavy (non-hydrogen) atoms. The molecule has 1 N–H and O–H groups in total.